The SMILES string of the molecule is CN=C(NCCCCn1cnnc1)NCc1cc(C(C)C)no1. The van der Waals surface area contributed by atoms with Crippen LogP contribution >= 0.6 is 0 Å². The molecular weight excluding hydrogens is 294 g/mol. The summed E-state index contributed by atoms with van der Waals surface area (Å²) < 4.78 is 7.27. The summed E-state index contributed by atoms with van der Waals surface area (Å²) >= 11 is 0. The van der Waals surface area contributed by atoms with Gasteiger partial charge in [-0.25, -0.2) is 0 Å². The van der Waals surface area contributed by atoms with E-state index < -0.39 is 0 Å². The molecule has 0 atom stereocenters. The van der Waals surface area contributed by atoms with Crippen molar-refractivity contribution in [1.29, 1.82) is 0 Å². The van der Waals surface area contributed by atoms with Crippen molar-refractivity contribution in [2.75, 3.05) is 13.6 Å². The summed E-state index contributed by atoms with van der Waals surface area (Å²) in [5.74, 6) is 1.94. The van der Waals surface area contributed by atoms with Crippen LogP contribution in [0.25, 0.3) is 0 Å². The molecule has 0 amide bonds. The molecular formula is C15H25N7O. The Morgan fingerprint density at radius 2 is 2.04 bits per heavy atom. The number of hydrogen-bond donors (Lipinski definition) is 2. The molecule has 0 aromatic carbocycles. The predicted octanol–water partition coefficient (Wildman–Crippen LogP) is 1.53. The molecule has 2 N–H and O–H groups in total. The third kappa shape index (κ3) is 5.72. The summed E-state index contributed by atoms with van der Waals surface area (Å²) in [6, 6.07) is 1.98. The van der Waals surface area contributed by atoms with Crippen LogP contribution in [-0.2, 0) is 13.1 Å². The van der Waals surface area contributed by atoms with Gasteiger partial charge in [-0.15, -0.1) is 10.2 Å². The molecule has 0 saturated carbocycles. The van der Waals surface area contributed by atoms with Gasteiger partial charge in [0.05, 0.1) is 12.2 Å². The minimum atomic E-state index is 0.371. The van der Waals surface area contributed by atoms with Crippen LogP contribution in [0.3, 0.4) is 0 Å². The summed E-state index contributed by atoms with van der Waals surface area (Å²) in [6.07, 6.45) is 5.56. The Morgan fingerprint density at radius 3 is 2.70 bits per heavy atom. The fourth-order valence-corrected chi connectivity index (χ4v) is 2.04. The second kappa shape index (κ2) is 8.92. The van der Waals surface area contributed by atoms with Gasteiger partial charge in [0.25, 0.3) is 0 Å². The Bertz CT molecular complexity index is 589. The van der Waals surface area contributed by atoms with Crippen LogP contribution in [0.4, 0.5) is 0 Å². The lowest BCUT2D eigenvalue weighted by atomic mass is 10.1. The number of nitrogens with one attached hydrogen (secondary N) is 2. The fourth-order valence-electron chi connectivity index (χ4n) is 2.04. The van der Waals surface area contributed by atoms with E-state index in [1.807, 2.05) is 10.6 Å². The van der Waals surface area contributed by atoms with Crippen molar-refractivity contribution in [3.05, 3.63) is 30.2 Å². The van der Waals surface area contributed by atoms with Crippen molar-refractivity contribution < 1.29 is 4.52 Å². The van der Waals surface area contributed by atoms with E-state index in [1.54, 1.807) is 19.7 Å². The largest absolute Gasteiger partial charge is 0.359 e. The maximum Gasteiger partial charge on any atom is 0.191 e. The molecule has 2 aromatic heterocycles. The molecule has 8 nitrogen and oxygen atoms in total. The van der Waals surface area contributed by atoms with E-state index in [0.29, 0.717) is 12.5 Å². The molecule has 0 spiro atoms. The third-order valence-corrected chi connectivity index (χ3v) is 3.42. The maximum atomic E-state index is 5.30. The zero-order valence-corrected chi connectivity index (χ0v) is 14.0. The first-order valence-corrected chi connectivity index (χ1v) is 7.91. The summed E-state index contributed by atoms with van der Waals surface area (Å²) in [5, 5.41) is 18.1. The van der Waals surface area contributed by atoms with Crippen LogP contribution in [0.15, 0.2) is 28.2 Å². The van der Waals surface area contributed by atoms with Crippen molar-refractivity contribution in [3.63, 3.8) is 0 Å². The van der Waals surface area contributed by atoms with Crippen molar-refractivity contribution in [2.24, 2.45) is 4.99 Å². The monoisotopic (exact) mass is 319 g/mol. The Morgan fingerprint density at radius 1 is 1.26 bits per heavy atom. The summed E-state index contributed by atoms with van der Waals surface area (Å²) in [4.78, 5) is 4.20. The molecule has 0 unspecified atom stereocenters. The minimum absolute atomic E-state index is 0.371. The predicted molar refractivity (Wildman–Crippen MR) is 88.0 cm³/mol. The Labute approximate surface area is 136 Å². The van der Waals surface area contributed by atoms with Crippen molar-refractivity contribution >= 4 is 5.96 Å². The standard InChI is InChI=1S/C15H25N7O/c1-12(2)14-8-13(23-21-14)9-18-15(16-3)17-6-4-5-7-22-10-19-20-11-22/h8,10-12H,4-7,9H2,1-3H3,(H2,16,17,18). The normalized spacial score (nSPS) is 11.9. The highest BCUT2D eigenvalue weighted by Crippen LogP contribution is 2.13. The lowest BCUT2D eigenvalue weighted by Crippen LogP contribution is -2.37. The number of aryl methyl sites for hydroxylation is 1. The Balaban J connectivity index is 1.63. The van der Waals surface area contributed by atoms with Gasteiger partial charge in [-0.05, 0) is 18.8 Å². The van der Waals surface area contributed by atoms with Gasteiger partial charge in [0.15, 0.2) is 11.7 Å². The quantitative estimate of drug-likeness (QED) is 0.435. The second-order valence-corrected chi connectivity index (χ2v) is 5.63. The van der Waals surface area contributed by atoms with E-state index in [4.69, 9.17) is 4.52 Å². The molecule has 2 heterocycles. The van der Waals surface area contributed by atoms with E-state index in [1.165, 1.54) is 0 Å². The third-order valence-electron chi connectivity index (χ3n) is 3.42. The van der Waals surface area contributed by atoms with E-state index >= 15 is 0 Å². The van der Waals surface area contributed by atoms with Gasteiger partial charge in [-0.2, -0.15) is 0 Å². The van der Waals surface area contributed by atoms with E-state index in [9.17, 15) is 0 Å². The average Bonchev–Trinajstić information content (AvgIpc) is 3.21. The number of guanidine groups is 1. The fraction of sp³-hybridized carbons (Fsp3) is 0.600. The number of nitrogens with zero attached hydrogens (tertiary/aromatic N) is 5. The lowest BCUT2D eigenvalue weighted by molar-refractivity contribution is 0.372. The van der Waals surface area contributed by atoms with Gasteiger partial charge in [0, 0.05) is 26.2 Å². The first kappa shape index (κ1) is 17.0. The number of rotatable bonds is 8. The van der Waals surface area contributed by atoms with Crippen molar-refractivity contribution in [1.82, 2.24) is 30.6 Å². The van der Waals surface area contributed by atoms with Crippen LogP contribution in [0.1, 0.15) is 44.1 Å². The topological polar surface area (TPSA) is 93.2 Å². The maximum absolute atomic E-state index is 5.30. The zero-order valence-electron chi connectivity index (χ0n) is 14.0. The van der Waals surface area contributed by atoms with E-state index in [0.717, 1.165) is 43.3 Å². The smallest absolute Gasteiger partial charge is 0.191 e. The molecule has 0 fully saturated rings. The van der Waals surface area contributed by atoms with Gasteiger partial charge < -0.3 is 19.7 Å². The van der Waals surface area contributed by atoms with Crippen LogP contribution in [0.5, 0.6) is 0 Å². The Kier molecular flexibility index (Phi) is 6.58. The summed E-state index contributed by atoms with van der Waals surface area (Å²) in [7, 11) is 1.76. The van der Waals surface area contributed by atoms with Gasteiger partial charge in [0.2, 0.25) is 0 Å². The molecule has 126 valence electrons. The van der Waals surface area contributed by atoms with Crippen LogP contribution in [0.2, 0.25) is 0 Å². The number of unbranched alkanes of at least 4 members (excludes halogenated alkanes) is 1. The highest BCUT2D eigenvalue weighted by atomic mass is 16.5. The highest BCUT2D eigenvalue weighted by molar-refractivity contribution is 5.79. The highest BCUT2D eigenvalue weighted by Gasteiger charge is 2.07. The Hall–Kier alpha value is -2.38. The molecule has 23 heavy (non-hydrogen) atoms. The molecule has 0 aliphatic heterocycles. The van der Waals surface area contributed by atoms with Gasteiger partial charge in [-0.3, -0.25) is 4.99 Å². The zero-order chi connectivity index (χ0) is 16.5. The molecule has 2 aromatic rings. The van der Waals surface area contributed by atoms with E-state index in [-0.39, 0.29) is 0 Å². The molecule has 8 heteroatoms. The first-order valence-electron chi connectivity index (χ1n) is 7.91. The van der Waals surface area contributed by atoms with Crippen LogP contribution < -0.4 is 10.6 Å². The molecule has 0 saturated heterocycles. The van der Waals surface area contributed by atoms with Gasteiger partial charge in [0.1, 0.15) is 12.7 Å². The minimum Gasteiger partial charge on any atom is -0.359 e. The number of hydrogen-bond acceptors (Lipinski definition) is 5. The van der Waals surface area contributed by atoms with Crippen molar-refractivity contribution in [3.8, 4) is 0 Å². The molecule has 0 aliphatic rings. The second-order valence-electron chi connectivity index (χ2n) is 5.63. The number of aliphatic imine (C=N–C) groups is 1. The molecule has 0 aliphatic carbocycles. The van der Waals surface area contributed by atoms with Crippen LogP contribution in [-0.4, -0.2) is 39.5 Å². The number of aromatic nitrogens is 4. The molecule has 0 bridgehead atoms. The van der Waals surface area contributed by atoms with Crippen LogP contribution in [0, 0.1) is 0 Å². The summed E-state index contributed by atoms with van der Waals surface area (Å²) in [6.45, 7) is 6.54. The van der Waals surface area contributed by atoms with Crippen molar-refractivity contribution in [2.45, 2.75) is 45.7 Å². The summed E-state index contributed by atoms with van der Waals surface area (Å²) in [5.41, 5.74) is 0.971. The van der Waals surface area contributed by atoms with Gasteiger partial charge >= 0.3 is 0 Å². The lowest BCUT2D eigenvalue weighted by Gasteiger charge is -2.10. The first-order chi connectivity index (χ1) is 11.2. The van der Waals surface area contributed by atoms with Gasteiger partial charge in [-0.1, -0.05) is 19.0 Å². The average molecular weight is 319 g/mol. The van der Waals surface area contributed by atoms with E-state index in [2.05, 4.69) is 44.8 Å². The molecule has 2 rings (SSSR count). The molecule has 0 radical (unpaired) electrons.